The third kappa shape index (κ3) is 16.7. The SMILES string of the molecule is CC(N)C(=O)NC(CCC(=O)O)C(=O)NC(C(=O)NC(Cc1ccccc1)C(=O)NC(Cc1ccc(O)cc1)C(=O)NC(C(=O)NC(CC(=O)O)C(=O)O)C(C)C)C(C)O. The number of carbonyl (C=O) groups is 9. The number of carboxylic acids is 3. The fourth-order valence-electron chi connectivity index (χ4n) is 5.59. The molecule has 13 N–H and O–H groups in total. The van der Waals surface area contributed by atoms with Gasteiger partial charge >= 0.3 is 17.9 Å². The summed E-state index contributed by atoms with van der Waals surface area (Å²) in [5.41, 5.74) is 6.52. The van der Waals surface area contributed by atoms with E-state index in [1.807, 2.05) is 0 Å². The Morgan fingerprint density at radius 3 is 1.48 bits per heavy atom. The van der Waals surface area contributed by atoms with E-state index in [2.05, 4.69) is 31.9 Å². The molecule has 21 nitrogen and oxygen atoms in total. The van der Waals surface area contributed by atoms with Gasteiger partial charge in [-0.3, -0.25) is 38.4 Å². The fraction of sp³-hybridized carbons (Fsp3) is 0.462. The van der Waals surface area contributed by atoms with Crippen molar-refractivity contribution in [3.63, 3.8) is 0 Å². The van der Waals surface area contributed by atoms with Crippen LogP contribution in [0.1, 0.15) is 58.1 Å². The molecular weight excluding hydrogens is 790 g/mol. The Morgan fingerprint density at radius 1 is 0.550 bits per heavy atom. The molecule has 0 saturated carbocycles. The molecule has 21 heteroatoms. The standard InChI is InChI=1S/C39H53N7O14/c1-19(2)31(37(57)44-28(39(59)60)18-30(51)52)45-36(56)27(17-23-10-12-24(48)13-11-23)42-35(55)26(16-22-8-6-5-7-9-22)43-38(58)32(21(4)47)46-34(54)25(14-15-29(49)50)41-33(53)20(3)40/h5-13,19-21,25-28,31-32,47-48H,14-18,40H2,1-4H3,(H,41,53)(H,42,55)(H,43,58)(H,44,57)(H,45,56)(H,46,54)(H,49,50)(H,51,52)(H,59,60). The molecule has 0 saturated heterocycles. The summed E-state index contributed by atoms with van der Waals surface area (Å²) in [6.07, 6.45) is -3.97. The molecule has 0 bridgehead atoms. The zero-order valence-electron chi connectivity index (χ0n) is 33.4. The summed E-state index contributed by atoms with van der Waals surface area (Å²) in [5, 5.41) is 62.4. The van der Waals surface area contributed by atoms with Crippen molar-refractivity contribution in [3.05, 3.63) is 65.7 Å². The molecule has 0 heterocycles. The molecule has 60 heavy (non-hydrogen) atoms. The van der Waals surface area contributed by atoms with E-state index in [-0.39, 0.29) is 18.6 Å². The number of hydrogen-bond donors (Lipinski definition) is 12. The fourth-order valence-corrected chi connectivity index (χ4v) is 5.59. The number of amides is 6. The van der Waals surface area contributed by atoms with Crippen molar-refractivity contribution in [1.29, 1.82) is 0 Å². The van der Waals surface area contributed by atoms with E-state index in [1.165, 1.54) is 45.0 Å². The molecular formula is C39H53N7O14. The van der Waals surface area contributed by atoms with Gasteiger partial charge in [-0.1, -0.05) is 56.3 Å². The lowest BCUT2D eigenvalue weighted by atomic mass is 9.99. The average Bonchev–Trinajstić information content (AvgIpc) is 3.16. The van der Waals surface area contributed by atoms with Crippen LogP contribution < -0.4 is 37.6 Å². The highest BCUT2D eigenvalue weighted by Crippen LogP contribution is 2.14. The quantitative estimate of drug-likeness (QED) is 0.0538. The first-order valence-electron chi connectivity index (χ1n) is 18.8. The van der Waals surface area contributed by atoms with Crippen LogP contribution in [0.3, 0.4) is 0 Å². The first-order chi connectivity index (χ1) is 28.1. The number of benzene rings is 2. The predicted octanol–water partition coefficient (Wildman–Crippen LogP) is -2.11. The van der Waals surface area contributed by atoms with E-state index in [0.29, 0.717) is 11.1 Å². The number of hydrogen-bond acceptors (Lipinski definition) is 12. The topological polar surface area (TPSA) is 353 Å². The van der Waals surface area contributed by atoms with Gasteiger partial charge in [-0.25, -0.2) is 4.79 Å². The number of aromatic hydroxyl groups is 1. The zero-order valence-corrected chi connectivity index (χ0v) is 33.4. The van der Waals surface area contributed by atoms with E-state index >= 15 is 0 Å². The van der Waals surface area contributed by atoms with Crippen LogP contribution in [-0.2, 0) is 56.0 Å². The predicted molar refractivity (Wildman–Crippen MR) is 210 cm³/mol. The molecule has 6 amide bonds. The molecule has 0 aromatic heterocycles. The van der Waals surface area contributed by atoms with Gasteiger partial charge in [-0.15, -0.1) is 0 Å². The molecule has 0 aliphatic rings. The van der Waals surface area contributed by atoms with Crippen LogP contribution in [0.2, 0.25) is 0 Å². The summed E-state index contributed by atoms with van der Waals surface area (Å²) in [7, 11) is 0. The van der Waals surface area contributed by atoms with Crippen LogP contribution in [0.15, 0.2) is 54.6 Å². The number of nitrogens with one attached hydrogen (secondary N) is 6. The molecule has 2 rings (SSSR count). The van der Waals surface area contributed by atoms with Crippen molar-refractivity contribution >= 4 is 53.4 Å². The Kier molecular flexibility index (Phi) is 19.6. The second-order valence-corrected chi connectivity index (χ2v) is 14.4. The maximum atomic E-state index is 14.2. The lowest BCUT2D eigenvalue weighted by Gasteiger charge is -2.29. The third-order valence-corrected chi connectivity index (χ3v) is 8.92. The van der Waals surface area contributed by atoms with E-state index in [9.17, 15) is 63.6 Å². The summed E-state index contributed by atoms with van der Waals surface area (Å²) in [6.45, 7) is 5.53. The van der Waals surface area contributed by atoms with Gasteiger partial charge in [0.2, 0.25) is 35.4 Å². The van der Waals surface area contributed by atoms with Gasteiger partial charge in [0.05, 0.1) is 18.6 Å². The molecule has 0 fully saturated rings. The zero-order chi connectivity index (χ0) is 45.3. The summed E-state index contributed by atoms with van der Waals surface area (Å²) < 4.78 is 0. The van der Waals surface area contributed by atoms with Crippen LogP contribution in [0.5, 0.6) is 5.75 Å². The highest BCUT2D eigenvalue weighted by Gasteiger charge is 2.36. The Balaban J connectivity index is 2.48. The highest BCUT2D eigenvalue weighted by molar-refractivity contribution is 5.97. The van der Waals surface area contributed by atoms with Crippen molar-refractivity contribution in [3.8, 4) is 5.75 Å². The number of aliphatic hydroxyl groups is 1. The first-order valence-corrected chi connectivity index (χ1v) is 18.8. The van der Waals surface area contributed by atoms with Crippen LogP contribution in [-0.4, -0.2) is 127 Å². The van der Waals surface area contributed by atoms with Gasteiger partial charge in [0.1, 0.15) is 42.0 Å². The second kappa shape index (κ2) is 23.7. The van der Waals surface area contributed by atoms with E-state index in [1.54, 1.807) is 30.3 Å². The second-order valence-electron chi connectivity index (χ2n) is 14.4. The summed E-state index contributed by atoms with van der Waals surface area (Å²) in [6, 6.07) is 3.22. The monoisotopic (exact) mass is 843 g/mol. The number of phenolic OH excluding ortho intramolecular Hbond substituents is 1. The Morgan fingerprint density at radius 2 is 1.00 bits per heavy atom. The molecule has 8 atom stereocenters. The summed E-state index contributed by atoms with van der Waals surface area (Å²) >= 11 is 0. The maximum Gasteiger partial charge on any atom is 0.326 e. The van der Waals surface area contributed by atoms with Crippen molar-refractivity contribution < 1.29 is 68.7 Å². The van der Waals surface area contributed by atoms with Crippen LogP contribution in [0.25, 0.3) is 0 Å². The van der Waals surface area contributed by atoms with Gasteiger partial charge in [0, 0.05) is 19.3 Å². The minimum absolute atomic E-state index is 0.107. The number of nitrogens with two attached hydrogens (primary N) is 1. The molecule has 328 valence electrons. The molecule has 2 aromatic rings. The van der Waals surface area contributed by atoms with Crippen LogP contribution in [0.4, 0.5) is 0 Å². The molecule has 8 unspecified atom stereocenters. The third-order valence-electron chi connectivity index (χ3n) is 8.92. The van der Waals surface area contributed by atoms with Gasteiger partial charge in [0.15, 0.2) is 0 Å². The number of carbonyl (C=O) groups excluding carboxylic acids is 6. The lowest BCUT2D eigenvalue weighted by Crippen LogP contribution is -2.62. The Bertz CT molecular complexity index is 1840. The lowest BCUT2D eigenvalue weighted by molar-refractivity contribution is -0.147. The van der Waals surface area contributed by atoms with Gasteiger partial charge in [-0.05, 0) is 49.4 Å². The van der Waals surface area contributed by atoms with E-state index in [0.717, 1.165) is 6.92 Å². The average molecular weight is 844 g/mol. The minimum Gasteiger partial charge on any atom is -0.508 e. The molecule has 2 aromatic carbocycles. The number of carboxylic acid groups (broad SMARTS) is 3. The Labute approximate surface area is 344 Å². The van der Waals surface area contributed by atoms with Crippen molar-refractivity contribution in [1.82, 2.24) is 31.9 Å². The summed E-state index contributed by atoms with van der Waals surface area (Å²) in [4.78, 5) is 115. The smallest absolute Gasteiger partial charge is 0.326 e. The highest BCUT2D eigenvalue weighted by atomic mass is 16.4. The van der Waals surface area contributed by atoms with Crippen LogP contribution in [0, 0.1) is 5.92 Å². The number of rotatable bonds is 24. The maximum absolute atomic E-state index is 14.2. The molecule has 0 spiro atoms. The molecule has 0 radical (unpaired) electrons. The Hall–Kier alpha value is -6.61. The van der Waals surface area contributed by atoms with Crippen molar-refractivity contribution in [2.24, 2.45) is 11.7 Å². The van der Waals surface area contributed by atoms with Crippen LogP contribution >= 0.6 is 0 Å². The van der Waals surface area contributed by atoms with Gasteiger partial charge in [-0.2, -0.15) is 0 Å². The number of aliphatic hydroxyl groups excluding tert-OH is 1. The molecule has 0 aliphatic carbocycles. The molecule has 0 aliphatic heterocycles. The largest absolute Gasteiger partial charge is 0.508 e. The first kappa shape index (κ1) is 49.5. The van der Waals surface area contributed by atoms with Gasteiger partial charge in [0.25, 0.3) is 0 Å². The number of phenols is 1. The van der Waals surface area contributed by atoms with Crippen molar-refractivity contribution in [2.75, 3.05) is 0 Å². The minimum atomic E-state index is -1.83. The van der Waals surface area contributed by atoms with Gasteiger partial charge < -0.3 is 63.2 Å². The van der Waals surface area contributed by atoms with Crippen molar-refractivity contribution in [2.45, 2.75) is 108 Å². The number of aliphatic carboxylic acids is 3. The van der Waals surface area contributed by atoms with E-state index in [4.69, 9.17) is 10.8 Å². The summed E-state index contributed by atoms with van der Waals surface area (Å²) in [5.74, 6) is -11.1. The normalized spacial score (nSPS) is 15.0. The van der Waals surface area contributed by atoms with E-state index < -0.39 is 127 Å².